The van der Waals surface area contributed by atoms with E-state index >= 15 is 0 Å². The molecular formula is C22H29N3O4S. The molecule has 0 aliphatic heterocycles. The van der Waals surface area contributed by atoms with Crippen molar-refractivity contribution in [2.24, 2.45) is 0 Å². The van der Waals surface area contributed by atoms with E-state index in [9.17, 15) is 9.90 Å². The average molecular weight is 432 g/mol. The van der Waals surface area contributed by atoms with Crippen LogP contribution in [0, 0.1) is 0 Å². The van der Waals surface area contributed by atoms with Crippen LogP contribution in [-0.4, -0.2) is 45.3 Å². The van der Waals surface area contributed by atoms with Crippen molar-refractivity contribution in [2.45, 2.75) is 64.8 Å². The summed E-state index contributed by atoms with van der Waals surface area (Å²) in [4.78, 5) is 24.7. The van der Waals surface area contributed by atoms with E-state index in [0.29, 0.717) is 25.5 Å². The van der Waals surface area contributed by atoms with Gasteiger partial charge in [0.2, 0.25) is 0 Å². The van der Waals surface area contributed by atoms with Crippen LogP contribution in [0.2, 0.25) is 0 Å². The number of aliphatic hydroxyl groups excluding tert-OH is 1. The third-order valence-electron chi connectivity index (χ3n) is 5.30. The number of nitrogens with zero attached hydrogens (tertiary/aromatic N) is 2. The number of ether oxygens (including phenoxy) is 1. The molecule has 1 aliphatic rings. The predicted octanol–water partition coefficient (Wildman–Crippen LogP) is 3.24. The lowest BCUT2D eigenvalue weighted by Crippen LogP contribution is -2.35. The lowest BCUT2D eigenvalue weighted by atomic mass is 9.97. The number of rotatable bonds is 9. The number of aromatic amines is 1. The van der Waals surface area contributed by atoms with Gasteiger partial charge in [0.15, 0.2) is 0 Å². The first kappa shape index (κ1) is 21.2. The van der Waals surface area contributed by atoms with Gasteiger partial charge in [-0.05, 0) is 57.2 Å². The van der Waals surface area contributed by atoms with Gasteiger partial charge in [0.1, 0.15) is 16.4 Å². The minimum Gasteiger partial charge on any atom is -0.468 e. The summed E-state index contributed by atoms with van der Waals surface area (Å²) in [5.41, 5.74) is 1.13. The van der Waals surface area contributed by atoms with Crippen LogP contribution < -0.4 is 5.56 Å². The zero-order valence-electron chi connectivity index (χ0n) is 17.5. The molecule has 0 radical (unpaired) electrons. The number of H-pyrrole nitrogens is 1. The summed E-state index contributed by atoms with van der Waals surface area (Å²) in [7, 11) is 0. The second-order valence-corrected chi connectivity index (χ2v) is 9.27. The molecule has 0 bridgehead atoms. The molecule has 8 heteroatoms. The van der Waals surface area contributed by atoms with E-state index in [1.165, 1.54) is 16.9 Å². The third-order valence-corrected chi connectivity index (χ3v) is 6.48. The van der Waals surface area contributed by atoms with Gasteiger partial charge in [-0.15, -0.1) is 11.3 Å². The largest absolute Gasteiger partial charge is 0.468 e. The first-order valence-electron chi connectivity index (χ1n) is 10.6. The Morgan fingerprint density at radius 1 is 1.33 bits per heavy atom. The molecule has 0 aromatic carbocycles. The number of thiophene rings is 1. The van der Waals surface area contributed by atoms with Crippen molar-refractivity contribution in [3.8, 4) is 0 Å². The Bertz CT molecular complexity index is 1030. The van der Waals surface area contributed by atoms with Gasteiger partial charge in [-0.25, -0.2) is 4.98 Å². The minimum atomic E-state index is -0.646. The van der Waals surface area contributed by atoms with Crippen molar-refractivity contribution in [3.63, 3.8) is 0 Å². The number of hydrogen-bond donors (Lipinski definition) is 2. The van der Waals surface area contributed by atoms with Crippen molar-refractivity contribution in [2.75, 3.05) is 13.2 Å². The molecule has 30 heavy (non-hydrogen) atoms. The van der Waals surface area contributed by atoms with Gasteiger partial charge in [-0.3, -0.25) is 9.69 Å². The minimum absolute atomic E-state index is 0.0588. The molecule has 2 N–H and O–H groups in total. The number of hydrogen-bond acceptors (Lipinski definition) is 7. The highest BCUT2D eigenvalue weighted by molar-refractivity contribution is 7.18. The summed E-state index contributed by atoms with van der Waals surface area (Å²) in [6.45, 7) is 5.44. The lowest BCUT2D eigenvalue weighted by molar-refractivity contribution is -0.0117. The van der Waals surface area contributed by atoms with E-state index in [0.717, 1.165) is 35.2 Å². The molecule has 0 unspecified atom stereocenters. The fraction of sp³-hybridized carbons (Fsp3) is 0.545. The van der Waals surface area contributed by atoms with Crippen LogP contribution in [0.25, 0.3) is 10.2 Å². The lowest BCUT2D eigenvalue weighted by Gasteiger charge is -2.24. The van der Waals surface area contributed by atoms with Gasteiger partial charge in [-0.2, -0.15) is 0 Å². The molecule has 0 fully saturated rings. The number of aromatic nitrogens is 2. The molecule has 1 aliphatic carbocycles. The molecule has 3 heterocycles. The SMILES string of the molecule is CC(C)OC[C@@H](O)CN(Cc1nc2sc3c(c2c(=O)[nH]1)CCCC3)Cc1ccco1. The van der Waals surface area contributed by atoms with Crippen LogP contribution in [0.15, 0.2) is 27.6 Å². The van der Waals surface area contributed by atoms with Crippen molar-refractivity contribution in [3.05, 3.63) is 50.8 Å². The molecule has 3 aromatic heterocycles. The monoisotopic (exact) mass is 431 g/mol. The van der Waals surface area contributed by atoms with Crippen molar-refractivity contribution in [1.82, 2.24) is 14.9 Å². The summed E-state index contributed by atoms with van der Waals surface area (Å²) < 4.78 is 11.0. The van der Waals surface area contributed by atoms with Crippen LogP contribution in [0.5, 0.6) is 0 Å². The molecule has 1 atom stereocenters. The van der Waals surface area contributed by atoms with Gasteiger partial charge in [0, 0.05) is 11.4 Å². The number of aryl methyl sites for hydroxylation is 2. The summed E-state index contributed by atoms with van der Waals surface area (Å²) in [6, 6.07) is 3.74. The van der Waals surface area contributed by atoms with Gasteiger partial charge in [0.05, 0.1) is 43.6 Å². The van der Waals surface area contributed by atoms with Gasteiger partial charge in [0.25, 0.3) is 5.56 Å². The molecule has 7 nitrogen and oxygen atoms in total. The van der Waals surface area contributed by atoms with Crippen LogP contribution in [0.3, 0.4) is 0 Å². The second-order valence-electron chi connectivity index (χ2n) is 8.19. The Balaban J connectivity index is 1.55. The Kier molecular flexibility index (Phi) is 6.67. The van der Waals surface area contributed by atoms with Crippen molar-refractivity contribution in [1.29, 1.82) is 0 Å². The Labute approximate surface area is 179 Å². The quantitative estimate of drug-likeness (QED) is 0.540. The normalized spacial score (nSPS) is 15.2. The first-order chi connectivity index (χ1) is 14.5. The van der Waals surface area contributed by atoms with E-state index in [4.69, 9.17) is 14.1 Å². The maximum Gasteiger partial charge on any atom is 0.259 e. The zero-order chi connectivity index (χ0) is 21.1. The topological polar surface area (TPSA) is 91.6 Å². The van der Waals surface area contributed by atoms with E-state index in [-0.39, 0.29) is 18.3 Å². The van der Waals surface area contributed by atoms with Crippen LogP contribution >= 0.6 is 11.3 Å². The van der Waals surface area contributed by atoms with E-state index < -0.39 is 6.10 Å². The van der Waals surface area contributed by atoms with Gasteiger partial charge in [-0.1, -0.05) is 0 Å². The van der Waals surface area contributed by atoms with Crippen molar-refractivity contribution < 1.29 is 14.3 Å². The maximum absolute atomic E-state index is 12.8. The summed E-state index contributed by atoms with van der Waals surface area (Å²) in [6.07, 6.45) is 5.36. The first-order valence-corrected chi connectivity index (χ1v) is 11.4. The zero-order valence-corrected chi connectivity index (χ0v) is 18.3. The Hall–Kier alpha value is -2.00. The molecule has 3 aromatic rings. The molecule has 162 valence electrons. The van der Waals surface area contributed by atoms with Gasteiger partial charge >= 0.3 is 0 Å². The molecule has 0 saturated heterocycles. The standard InChI is InChI=1S/C22H29N3O4S/c1-14(2)29-13-15(26)10-25(11-16-6-5-9-28-16)12-19-23-21(27)20-17-7-3-4-8-18(17)30-22(20)24-19/h5-6,9,14-15,26H,3-4,7-8,10-13H2,1-2H3,(H,23,24,27)/t15-/m0/s1. The third kappa shape index (κ3) is 5.00. The summed E-state index contributed by atoms with van der Waals surface area (Å²) in [5, 5.41) is 11.2. The Morgan fingerprint density at radius 2 is 2.17 bits per heavy atom. The number of fused-ring (bicyclic) bond motifs is 3. The number of furan rings is 1. The number of aliphatic hydroxyl groups is 1. The summed E-state index contributed by atoms with van der Waals surface area (Å²) >= 11 is 1.65. The highest BCUT2D eigenvalue weighted by atomic mass is 32.1. The van der Waals surface area contributed by atoms with E-state index in [1.54, 1.807) is 17.6 Å². The van der Waals surface area contributed by atoms with Crippen LogP contribution in [0.1, 0.15) is 48.7 Å². The average Bonchev–Trinajstić information content (AvgIpc) is 3.33. The molecule has 0 spiro atoms. The second kappa shape index (κ2) is 9.43. The van der Waals surface area contributed by atoms with Crippen LogP contribution in [-0.2, 0) is 30.7 Å². The molecule has 0 amide bonds. The van der Waals surface area contributed by atoms with Crippen LogP contribution in [0.4, 0.5) is 0 Å². The fourth-order valence-corrected chi connectivity index (χ4v) is 5.24. The summed E-state index contributed by atoms with van der Waals surface area (Å²) in [5.74, 6) is 1.40. The van der Waals surface area contributed by atoms with E-state index in [2.05, 4.69) is 4.98 Å². The van der Waals surface area contributed by atoms with E-state index in [1.807, 2.05) is 30.9 Å². The predicted molar refractivity (Wildman–Crippen MR) is 117 cm³/mol. The molecule has 0 saturated carbocycles. The molecular weight excluding hydrogens is 402 g/mol. The highest BCUT2D eigenvalue weighted by Crippen LogP contribution is 2.33. The fourth-order valence-electron chi connectivity index (χ4n) is 3.96. The number of nitrogens with one attached hydrogen (secondary N) is 1. The van der Waals surface area contributed by atoms with Crippen molar-refractivity contribution >= 4 is 21.6 Å². The molecule has 4 rings (SSSR count). The van der Waals surface area contributed by atoms with Gasteiger partial charge < -0.3 is 19.2 Å². The Morgan fingerprint density at radius 3 is 2.93 bits per heavy atom. The smallest absolute Gasteiger partial charge is 0.259 e. The highest BCUT2D eigenvalue weighted by Gasteiger charge is 2.21. The maximum atomic E-state index is 12.8.